The van der Waals surface area contributed by atoms with E-state index in [4.69, 9.17) is 26.4 Å². The number of nitrogens with zero attached hydrogens (tertiary/aromatic N) is 1. The maximum atomic E-state index is 12.6. The fraction of sp³-hybridized carbons (Fsp3) is 0.389. The second-order valence-corrected chi connectivity index (χ2v) is 6.07. The molecule has 2 rings (SSSR count). The van der Waals surface area contributed by atoms with Crippen molar-refractivity contribution in [3.05, 3.63) is 46.7 Å². The highest BCUT2D eigenvalue weighted by Gasteiger charge is 2.33. The molecule has 1 N–H and O–H groups in total. The summed E-state index contributed by atoms with van der Waals surface area (Å²) in [6.45, 7) is 2.29. The van der Waals surface area contributed by atoms with Crippen LogP contribution in [0.3, 0.4) is 0 Å². The van der Waals surface area contributed by atoms with Crippen LogP contribution in [0.15, 0.2) is 35.5 Å². The van der Waals surface area contributed by atoms with Crippen LogP contribution < -0.4 is 5.32 Å². The van der Waals surface area contributed by atoms with Crippen LogP contribution >= 0.6 is 12.2 Å². The van der Waals surface area contributed by atoms with Gasteiger partial charge in [-0.2, -0.15) is 0 Å². The number of hydrogen-bond acceptors (Lipinski definition) is 6. The summed E-state index contributed by atoms with van der Waals surface area (Å²) in [6, 6.07) is 6.34. The minimum Gasteiger partial charge on any atom is -0.465 e. The van der Waals surface area contributed by atoms with Crippen molar-refractivity contribution in [3.8, 4) is 0 Å². The molecular weight excluding hydrogens is 356 g/mol. The largest absolute Gasteiger partial charge is 0.465 e. The smallest absolute Gasteiger partial charge is 0.338 e. The van der Waals surface area contributed by atoms with E-state index in [1.165, 1.54) is 7.11 Å². The van der Waals surface area contributed by atoms with E-state index in [2.05, 4.69) is 5.32 Å². The van der Waals surface area contributed by atoms with Gasteiger partial charge in [0.25, 0.3) is 0 Å². The topological polar surface area (TPSA) is 77.1 Å². The fourth-order valence-electron chi connectivity index (χ4n) is 2.57. The summed E-state index contributed by atoms with van der Waals surface area (Å²) in [5.41, 5.74) is 2.38. The molecule has 1 aromatic rings. The van der Waals surface area contributed by atoms with Gasteiger partial charge in [-0.3, -0.25) is 0 Å². The van der Waals surface area contributed by atoms with Crippen LogP contribution in [-0.2, 0) is 19.0 Å². The molecule has 1 aromatic carbocycles. The van der Waals surface area contributed by atoms with Crippen LogP contribution in [0.1, 0.15) is 28.9 Å². The Morgan fingerprint density at radius 1 is 1.15 bits per heavy atom. The molecule has 0 amide bonds. The van der Waals surface area contributed by atoms with E-state index in [0.717, 1.165) is 5.56 Å². The maximum Gasteiger partial charge on any atom is 0.338 e. The molecular formula is C18H22N2O5S. The monoisotopic (exact) mass is 378 g/mol. The number of allylic oxidation sites excluding steroid dienone is 1. The van der Waals surface area contributed by atoms with E-state index in [-0.39, 0.29) is 6.61 Å². The summed E-state index contributed by atoms with van der Waals surface area (Å²) in [4.78, 5) is 26.0. The Balaban J connectivity index is 2.35. The van der Waals surface area contributed by atoms with E-state index in [1.54, 1.807) is 43.3 Å². The van der Waals surface area contributed by atoms with Crippen LogP contribution in [0.4, 0.5) is 0 Å². The Bertz CT molecular complexity index is 730. The van der Waals surface area contributed by atoms with Crippen molar-refractivity contribution in [1.82, 2.24) is 10.2 Å². The van der Waals surface area contributed by atoms with Gasteiger partial charge in [-0.05, 0) is 36.8 Å². The average molecular weight is 378 g/mol. The Hall–Kier alpha value is -2.45. The molecule has 0 aromatic heterocycles. The number of methoxy groups -OCH3 is 2. The van der Waals surface area contributed by atoms with Crippen molar-refractivity contribution in [3.63, 3.8) is 0 Å². The van der Waals surface area contributed by atoms with Gasteiger partial charge in [-0.25, -0.2) is 9.59 Å². The van der Waals surface area contributed by atoms with Crippen molar-refractivity contribution >= 4 is 29.3 Å². The van der Waals surface area contributed by atoms with Gasteiger partial charge in [0.15, 0.2) is 5.11 Å². The number of esters is 2. The molecule has 7 nitrogen and oxygen atoms in total. The Labute approximate surface area is 157 Å². The Morgan fingerprint density at radius 2 is 1.81 bits per heavy atom. The summed E-state index contributed by atoms with van der Waals surface area (Å²) in [5.74, 6) is -0.863. The van der Waals surface area contributed by atoms with Crippen LogP contribution in [-0.4, -0.2) is 56.4 Å². The first-order chi connectivity index (χ1) is 12.4. The number of carbonyl (C=O) groups excluding carboxylic acids is 2. The van der Waals surface area contributed by atoms with Crippen molar-refractivity contribution in [2.45, 2.75) is 13.0 Å². The number of rotatable bonds is 6. The van der Waals surface area contributed by atoms with Crippen LogP contribution in [0, 0.1) is 0 Å². The highest BCUT2D eigenvalue weighted by molar-refractivity contribution is 7.80. The quantitative estimate of drug-likeness (QED) is 0.456. The van der Waals surface area contributed by atoms with E-state index in [0.29, 0.717) is 28.6 Å². The van der Waals surface area contributed by atoms with E-state index < -0.39 is 18.0 Å². The molecule has 0 aliphatic carbocycles. The summed E-state index contributed by atoms with van der Waals surface area (Å²) >= 11 is 5.35. The zero-order valence-electron chi connectivity index (χ0n) is 15.2. The summed E-state index contributed by atoms with van der Waals surface area (Å²) in [5, 5.41) is 3.65. The molecule has 0 unspecified atom stereocenters. The molecule has 0 radical (unpaired) electrons. The van der Waals surface area contributed by atoms with Crippen molar-refractivity contribution < 1.29 is 23.8 Å². The number of nitrogens with one attached hydrogen (secondary N) is 1. The minimum atomic E-state index is -0.472. The SMILES string of the molecule is COCCOC(=O)C1=C(C)N(C)C(=S)N[C@@H]1c1ccc(C(=O)OC)cc1. The molecule has 1 aliphatic heterocycles. The fourth-order valence-corrected chi connectivity index (χ4v) is 2.83. The van der Waals surface area contributed by atoms with Crippen molar-refractivity contribution in [2.24, 2.45) is 0 Å². The zero-order chi connectivity index (χ0) is 19.3. The maximum absolute atomic E-state index is 12.6. The molecule has 0 saturated heterocycles. The second kappa shape index (κ2) is 8.77. The minimum absolute atomic E-state index is 0.161. The lowest BCUT2D eigenvalue weighted by Gasteiger charge is -2.35. The van der Waals surface area contributed by atoms with Gasteiger partial charge >= 0.3 is 11.9 Å². The molecule has 0 bridgehead atoms. The van der Waals surface area contributed by atoms with E-state index in [9.17, 15) is 9.59 Å². The Kier molecular flexibility index (Phi) is 6.70. The molecule has 26 heavy (non-hydrogen) atoms. The average Bonchev–Trinajstić information content (AvgIpc) is 2.65. The standard InChI is InChI=1S/C18H22N2O5S/c1-11-14(17(22)25-10-9-23-3)15(19-18(26)20(11)2)12-5-7-13(8-6-12)16(21)24-4/h5-8,15H,9-10H2,1-4H3,(H,19,26)/t15-/m1/s1. The van der Waals surface area contributed by atoms with Gasteiger partial charge in [-0.1, -0.05) is 12.1 Å². The number of ether oxygens (including phenoxy) is 3. The highest BCUT2D eigenvalue weighted by Crippen LogP contribution is 2.30. The van der Waals surface area contributed by atoms with Crippen LogP contribution in [0.2, 0.25) is 0 Å². The van der Waals surface area contributed by atoms with Gasteiger partial charge in [0, 0.05) is 19.9 Å². The molecule has 1 aliphatic rings. The molecule has 140 valence electrons. The first-order valence-corrected chi connectivity index (χ1v) is 8.40. The van der Waals surface area contributed by atoms with Gasteiger partial charge in [-0.15, -0.1) is 0 Å². The lowest BCUT2D eigenvalue weighted by atomic mass is 9.94. The molecule has 8 heteroatoms. The van der Waals surface area contributed by atoms with Gasteiger partial charge in [0.1, 0.15) is 6.61 Å². The number of hydrogen-bond donors (Lipinski definition) is 1. The predicted molar refractivity (Wildman–Crippen MR) is 99.6 cm³/mol. The van der Waals surface area contributed by atoms with Crippen molar-refractivity contribution in [2.75, 3.05) is 34.5 Å². The number of carbonyl (C=O) groups is 2. The van der Waals surface area contributed by atoms with Gasteiger partial charge in [0.05, 0.1) is 30.9 Å². The molecule has 0 fully saturated rings. The normalized spacial score (nSPS) is 17.0. The highest BCUT2D eigenvalue weighted by atomic mass is 32.1. The molecule has 0 spiro atoms. The van der Waals surface area contributed by atoms with Gasteiger partial charge in [0.2, 0.25) is 0 Å². The van der Waals surface area contributed by atoms with Crippen molar-refractivity contribution in [1.29, 1.82) is 0 Å². The lowest BCUT2D eigenvalue weighted by Crippen LogP contribution is -2.46. The van der Waals surface area contributed by atoms with Crippen LogP contribution in [0.5, 0.6) is 0 Å². The summed E-state index contributed by atoms with van der Waals surface area (Å²) in [6.07, 6.45) is 0. The second-order valence-electron chi connectivity index (χ2n) is 5.68. The first kappa shape index (κ1) is 19.9. The first-order valence-electron chi connectivity index (χ1n) is 8.00. The lowest BCUT2D eigenvalue weighted by molar-refractivity contribution is -0.140. The third-order valence-electron chi connectivity index (χ3n) is 4.16. The predicted octanol–water partition coefficient (Wildman–Crippen LogP) is 1.80. The van der Waals surface area contributed by atoms with Crippen LogP contribution in [0.25, 0.3) is 0 Å². The van der Waals surface area contributed by atoms with E-state index in [1.807, 2.05) is 6.92 Å². The molecule has 1 heterocycles. The summed E-state index contributed by atoms with van der Waals surface area (Å²) < 4.78 is 14.9. The Morgan fingerprint density at radius 3 is 2.38 bits per heavy atom. The number of thiocarbonyl (C=S) groups is 1. The van der Waals surface area contributed by atoms with E-state index >= 15 is 0 Å². The number of benzene rings is 1. The van der Waals surface area contributed by atoms with Gasteiger partial charge < -0.3 is 24.4 Å². The molecule has 0 saturated carbocycles. The molecule has 1 atom stereocenters. The third kappa shape index (κ3) is 4.20. The summed E-state index contributed by atoms with van der Waals surface area (Å²) in [7, 11) is 4.65. The zero-order valence-corrected chi connectivity index (χ0v) is 16.0. The third-order valence-corrected chi connectivity index (χ3v) is 4.55.